The standard InChI is InChI=1S/C44H28O/c1-3-11-29(12-4-1)31-19-21-32(22-20-31)43-36-15-7-9-17-38(36)44(39-18-10-8-16-37(39)43)34-23-25-35-40-27-33(30-13-5-2-6-14-30)24-26-41(40)45-42(35)28-34/h1-28H/i2D,5D,6D,13D,14D,23D,24D,25D,26D,27D,28D. The van der Waals surface area contributed by atoms with E-state index in [4.69, 9.17) is 14.0 Å². The zero-order valence-electron chi connectivity index (χ0n) is 34.7. The van der Waals surface area contributed by atoms with Crippen LogP contribution in [0.2, 0.25) is 0 Å². The van der Waals surface area contributed by atoms with Crippen molar-refractivity contribution in [1.29, 1.82) is 0 Å². The monoisotopic (exact) mass is 583 g/mol. The molecule has 0 N–H and O–H groups in total. The highest BCUT2D eigenvalue weighted by molar-refractivity contribution is 6.22. The molecule has 0 aliphatic rings. The fourth-order valence-corrected chi connectivity index (χ4v) is 6.18. The van der Waals surface area contributed by atoms with Crippen molar-refractivity contribution < 1.29 is 19.5 Å². The van der Waals surface area contributed by atoms with Gasteiger partial charge in [-0.15, -0.1) is 0 Å². The van der Waals surface area contributed by atoms with E-state index in [9.17, 15) is 5.48 Å². The third kappa shape index (κ3) is 4.24. The Morgan fingerprint density at radius 2 is 0.889 bits per heavy atom. The molecule has 0 radical (unpaired) electrons. The summed E-state index contributed by atoms with van der Waals surface area (Å²) in [6.45, 7) is 0. The van der Waals surface area contributed by atoms with Crippen molar-refractivity contribution in [2.24, 2.45) is 0 Å². The molecule has 1 heterocycles. The summed E-state index contributed by atoms with van der Waals surface area (Å²) in [6, 6.07) is 28.1. The van der Waals surface area contributed by atoms with Crippen LogP contribution in [0.25, 0.3) is 88.0 Å². The molecule has 0 spiro atoms. The van der Waals surface area contributed by atoms with Gasteiger partial charge in [0.1, 0.15) is 11.2 Å². The highest BCUT2D eigenvalue weighted by atomic mass is 16.3. The van der Waals surface area contributed by atoms with E-state index in [1.54, 1.807) is 0 Å². The van der Waals surface area contributed by atoms with E-state index in [2.05, 4.69) is 36.4 Å². The van der Waals surface area contributed by atoms with E-state index in [0.29, 0.717) is 5.56 Å². The quantitative estimate of drug-likeness (QED) is 0.188. The van der Waals surface area contributed by atoms with E-state index < -0.39 is 59.5 Å². The summed E-state index contributed by atoms with van der Waals surface area (Å²) in [5, 5.41) is 2.97. The molecule has 1 nitrogen and oxygen atoms in total. The first-order valence-electron chi connectivity index (χ1n) is 20.0. The van der Waals surface area contributed by atoms with Crippen LogP contribution in [0.1, 0.15) is 15.1 Å². The lowest BCUT2D eigenvalue weighted by Crippen LogP contribution is -1.91. The molecule has 0 unspecified atom stereocenters. The average Bonchev–Trinajstić information content (AvgIpc) is 3.64. The molecule has 0 bridgehead atoms. The van der Waals surface area contributed by atoms with Crippen LogP contribution in [-0.4, -0.2) is 0 Å². The second-order valence-corrected chi connectivity index (χ2v) is 10.8. The van der Waals surface area contributed by atoms with Gasteiger partial charge in [0.2, 0.25) is 0 Å². The molecule has 45 heavy (non-hydrogen) atoms. The van der Waals surface area contributed by atoms with E-state index >= 15 is 0 Å². The Morgan fingerprint density at radius 1 is 0.333 bits per heavy atom. The molecule has 0 aliphatic heterocycles. The van der Waals surface area contributed by atoms with Crippen LogP contribution in [-0.2, 0) is 0 Å². The maximum atomic E-state index is 9.58. The van der Waals surface area contributed by atoms with E-state index in [1.165, 1.54) is 0 Å². The molecule has 9 rings (SSSR count). The minimum absolute atomic E-state index is 0.102. The lowest BCUT2D eigenvalue weighted by atomic mass is 9.85. The molecule has 0 saturated carbocycles. The van der Waals surface area contributed by atoms with Gasteiger partial charge in [0.15, 0.2) is 0 Å². The maximum Gasteiger partial charge on any atom is 0.136 e. The van der Waals surface area contributed by atoms with Gasteiger partial charge in [0, 0.05) is 10.8 Å². The Bertz CT molecular complexity index is 3050. The van der Waals surface area contributed by atoms with E-state index in [1.807, 2.05) is 66.7 Å². The first kappa shape index (κ1) is 16.8. The lowest BCUT2D eigenvalue weighted by Gasteiger charge is -2.18. The summed E-state index contributed by atoms with van der Waals surface area (Å²) in [5.41, 5.74) is 3.52. The predicted molar refractivity (Wildman–Crippen MR) is 190 cm³/mol. The highest BCUT2D eigenvalue weighted by Crippen LogP contribution is 2.45. The van der Waals surface area contributed by atoms with Crippen molar-refractivity contribution in [3.8, 4) is 44.5 Å². The summed E-state index contributed by atoms with van der Waals surface area (Å²) >= 11 is 0. The zero-order valence-corrected chi connectivity index (χ0v) is 23.7. The average molecular weight is 584 g/mol. The third-order valence-corrected chi connectivity index (χ3v) is 8.22. The summed E-state index contributed by atoms with van der Waals surface area (Å²) in [6.07, 6.45) is 0. The minimum atomic E-state index is -0.661. The first-order chi connectivity index (χ1) is 26.9. The molecular formula is C44H28O. The van der Waals surface area contributed by atoms with Gasteiger partial charge in [0.05, 0.1) is 15.1 Å². The van der Waals surface area contributed by atoms with Gasteiger partial charge >= 0.3 is 0 Å². The van der Waals surface area contributed by atoms with Gasteiger partial charge in [0.25, 0.3) is 0 Å². The molecule has 1 heteroatoms. The Labute approximate surface area is 277 Å². The molecule has 9 aromatic rings. The van der Waals surface area contributed by atoms with Crippen LogP contribution in [0.15, 0.2) is 174 Å². The van der Waals surface area contributed by atoms with Crippen LogP contribution in [0, 0.1) is 0 Å². The maximum absolute atomic E-state index is 9.58. The number of furan rings is 1. The van der Waals surface area contributed by atoms with Crippen LogP contribution < -0.4 is 0 Å². The second kappa shape index (κ2) is 10.4. The number of hydrogen-bond acceptors (Lipinski definition) is 1. The second-order valence-electron chi connectivity index (χ2n) is 10.8. The van der Waals surface area contributed by atoms with Gasteiger partial charge < -0.3 is 4.42 Å². The van der Waals surface area contributed by atoms with Crippen LogP contribution in [0.3, 0.4) is 0 Å². The smallest absolute Gasteiger partial charge is 0.136 e. The van der Waals surface area contributed by atoms with Gasteiger partial charge in [-0.3, -0.25) is 0 Å². The van der Waals surface area contributed by atoms with Crippen molar-refractivity contribution in [2.45, 2.75) is 0 Å². The van der Waals surface area contributed by atoms with Crippen molar-refractivity contribution in [3.63, 3.8) is 0 Å². The molecule has 0 fully saturated rings. The number of fused-ring (bicyclic) bond motifs is 5. The Kier molecular flexibility index (Phi) is 3.87. The van der Waals surface area contributed by atoms with Gasteiger partial charge in [-0.05, 0) is 90.2 Å². The topological polar surface area (TPSA) is 13.1 Å². The fraction of sp³-hybridized carbons (Fsp3) is 0. The van der Waals surface area contributed by atoms with Crippen molar-refractivity contribution in [3.05, 3.63) is 170 Å². The first-order valence-corrected chi connectivity index (χ1v) is 14.5. The van der Waals surface area contributed by atoms with Gasteiger partial charge in [-0.2, -0.15) is 0 Å². The van der Waals surface area contributed by atoms with Crippen molar-refractivity contribution in [1.82, 2.24) is 0 Å². The van der Waals surface area contributed by atoms with Crippen molar-refractivity contribution >= 4 is 43.5 Å². The molecule has 8 aromatic carbocycles. The van der Waals surface area contributed by atoms with Crippen LogP contribution in [0.5, 0.6) is 0 Å². The largest absolute Gasteiger partial charge is 0.456 e. The molecule has 0 amide bonds. The molecule has 210 valence electrons. The fourth-order valence-electron chi connectivity index (χ4n) is 6.18. The Hall–Kier alpha value is -5.92. The molecule has 0 atom stereocenters. The predicted octanol–water partition coefficient (Wildman–Crippen LogP) is 12.6. The number of rotatable bonds is 4. The van der Waals surface area contributed by atoms with Crippen LogP contribution in [0.4, 0.5) is 0 Å². The molecule has 0 aliphatic carbocycles. The third-order valence-electron chi connectivity index (χ3n) is 8.22. The SMILES string of the molecule is [2H]c1c([2H])c([2H])c(-c2c([2H])c([2H])c3oc4c([2H])c(-c5c6ccccc6c(-c6ccc(-c7ccccc7)cc6)c6ccccc56)c([2H])c([2H])c4c3c2[2H])c([2H])c1[2H]. The number of hydrogen-bond donors (Lipinski definition) is 0. The minimum Gasteiger partial charge on any atom is -0.456 e. The van der Waals surface area contributed by atoms with E-state index in [-0.39, 0.29) is 45.6 Å². The van der Waals surface area contributed by atoms with Crippen LogP contribution >= 0.6 is 0 Å². The Morgan fingerprint density at radius 3 is 1.56 bits per heavy atom. The summed E-state index contributed by atoms with van der Waals surface area (Å²) < 4.78 is 103. The highest BCUT2D eigenvalue weighted by Gasteiger charge is 2.18. The summed E-state index contributed by atoms with van der Waals surface area (Å²) in [5.74, 6) is 0. The van der Waals surface area contributed by atoms with Gasteiger partial charge in [-0.25, -0.2) is 0 Å². The van der Waals surface area contributed by atoms with Gasteiger partial charge in [-0.1, -0.05) is 145 Å². The Balaban J connectivity index is 1.34. The number of benzene rings is 8. The molecule has 1 aromatic heterocycles. The lowest BCUT2D eigenvalue weighted by molar-refractivity contribution is 0.669. The normalized spacial score (nSPS) is 15.0. The zero-order chi connectivity index (χ0) is 39.3. The van der Waals surface area contributed by atoms with E-state index in [0.717, 1.165) is 43.8 Å². The summed E-state index contributed by atoms with van der Waals surface area (Å²) in [4.78, 5) is 0. The van der Waals surface area contributed by atoms with Crippen molar-refractivity contribution in [2.75, 3.05) is 0 Å². The molecule has 0 saturated heterocycles. The molecular weight excluding hydrogens is 544 g/mol. The summed E-state index contributed by atoms with van der Waals surface area (Å²) in [7, 11) is 0.